The monoisotopic (exact) mass is 321 g/mol. The minimum atomic E-state index is -1.58. The zero-order valence-electron chi connectivity index (χ0n) is 12.2. The van der Waals surface area contributed by atoms with Gasteiger partial charge in [-0.05, 0) is 28.8 Å². The number of carbonyl (C=O) groups excluding carboxylic acids is 1. The van der Waals surface area contributed by atoms with E-state index in [1.54, 1.807) is 4.90 Å². The van der Waals surface area contributed by atoms with Gasteiger partial charge in [0.05, 0.1) is 16.5 Å². The largest absolute Gasteiger partial charge is 0.317 e. The Labute approximate surface area is 128 Å². The Kier molecular flexibility index (Phi) is 3.75. The van der Waals surface area contributed by atoms with Gasteiger partial charge in [0, 0.05) is 11.9 Å². The number of allylic oxidation sites excluding steroid dienone is 1. The molecule has 3 heterocycles. The van der Waals surface area contributed by atoms with E-state index in [0.29, 0.717) is 5.11 Å². The third-order valence-electron chi connectivity index (χ3n) is 3.41. The minimum absolute atomic E-state index is 0.118. The maximum Gasteiger partial charge on any atom is 0.268 e. The Bertz CT molecular complexity index is 820. The van der Waals surface area contributed by atoms with Gasteiger partial charge in [0.2, 0.25) is 11.1 Å². The second kappa shape index (κ2) is 5.72. The molecule has 0 aromatic carbocycles. The molecule has 0 saturated carbocycles. The summed E-state index contributed by atoms with van der Waals surface area (Å²) in [6.07, 6.45) is 3.53. The molecule has 1 amide bonds. The number of aliphatic imine (C=N–C) groups is 1. The molecule has 0 bridgehead atoms. The van der Waals surface area contributed by atoms with Gasteiger partial charge in [-0.25, -0.2) is 14.3 Å². The first-order valence-electron chi connectivity index (χ1n) is 6.89. The van der Waals surface area contributed by atoms with Crippen LogP contribution < -0.4 is 5.32 Å². The van der Waals surface area contributed by atoms with Crippen LogP contribution in [0.5, 0.6) is 0 Å². The molecular weight excluding hydrogens is 306 g/mol. The van der Waals surface area contributed by atoms with Gasteiger partial charge >= 0.3 is 0 Å². The van der Waals surface area contributed by atoms with Gasteiger partial charge < -0.3 is 4.90 Å². The molecule has 9 nitrogen and oxygen atoms in total. The zero-order chi connectivity index (χ0) is 15.7. The van der Waals surface area contributed by atoms with Gasteiger partial charge in [0.1, 0.15) is 4.86 Å². The van der Waals surface area contributed by atoms with Gasteiger partial charge in [-0.3, -0.25) is 10.1 Å². The highest BCUT2D eigenvalue weighted by Crippen LogP contribution is 2.18. The Morgan fingerprint density at radius 1 is 1.45 bits per heavy atom. The van der Waals surface area contributed by atoms with Crippen LogP contribution in [-0.2, 0) is 14.8 Å². The van der Waals surface area contributed by atoms with Crippen LogP contribution in [-0.4, -0.2) is 57.9 Å². The molecule has 2 aliphatic heterocycles. The van der Waals surface area contributed by atoms with Crippen LogP contribution in [0.2, 0.25) is 0 Å². The van der Waals surface area contributed by atoms with Crippen molar-refractivity contribution in [2.75, 3.05) is 11.9 Å². The van der Waals surface area contributed by atoms with Gasteiger partial charge in [0.15, 0.2) is 0 Å². The second-order valence-electron chi connectivity index (χ2n) is 4.73. The standard InChI is InChI=1S/C12H15N7O2S/c1-3-7-5-19-6-9(10(20)14-11-15-17-18-16-11)22(21)12(19)13-8(7)4-2/h5H,3-4,6H2,1-2H3,(H2,14,15,16,17,18,20). The zero-order valence-corrected chi connectivity index (χ0v) is 13.0. The van der Waals surface area contributed by atoms with Crippen LogP contribution >= 0.6 is 0 Å². The predicted octanol–water partition coefficient (Wildman–Crippen LogP) is -0.379. The van der Waals surface area contributed by atoms with Gasteiger partial charge in [-0.2, -0.15) is 0 Å². The number of rotatable bonds is 4. The van der Waals surface area contributed by atoms with E-state index in [1.165, 1.54) is 0 Å². The molecule has 10 heteroatoms. The molecule has 2 aliphatic rings. The molecule has 22 heavy (non-hydrogen) atoms. The van der Waals surface area contributed by atoms with Crippen LogP contribution in [0.25, 0.3) is 0 Å². The second-order valence-corrected chi connectivity index (χ2v) is 6.12. The maximum atomic E-state index is 12.5. The van der Waals surface area contributed by atoms with Crippen LogP contribution in [0.1, 0.15) is 26.7 Å². The number of aromatic amines is 1. The lowest BCUT2D eigenvalue weighted by Crippen LogP contribution is -2.33. The number of H-pyrrole nitrogens is 1. The number of tetrazole rings is 1. The Morgan fingerprint density at radius 2 is 2.27 bits per heavy atom. The van der Waals surface area contributed by atoms with Gasteiger partial charge in [-0.1, -0.05) is 18.9 Å². The van der Waals surface area contributed by atoms with Crippen molar-refractivity contribution in [3.63, 3.8) is 0 Å². The topological polar surface area (TPSA) is 116 Å². The molecule has 3 rings (SSSR count). The number of amides is 1. The number of nitrogens with one attached hydrogen (secondary N) is 2. The Balaban J connectivity index is 1.93. The lowest BCUT2D eigenvalue weighted by molar-refractivity contribution is -0.110. The summed E-state index contributed by atoms with van der Waals surface area (Å²) in [5.41, 5.74) is 2.02. The fourth-order valence-electron chi connectivity index (χ4n) is 2.30. The fraction of sp³-hybridized carbons (Fsp3) is 0.417. The molecule has 0 atom stereocenters. The van der Waals surface area contributed by atoms with Crippen molar-refractivity contribution in [1.82, 2.24) is 25.5 Å². The molecule has 0 aliphatic carbocycles. The van der Waals surface area contributed by atoms with Crippen LogP contribution in [0.4, 0.5) is 5.95 Å². The highest BCUT2D eigenvalue weighted by Gasteiger charge is 2.28. The van der Waals surface area contributed by atoms with Crippen LogP contribution in [0.3, 0.4) is 0 Å². The average molecular weight is 321 g/mol. The third-order valence-corrected chi connectivity index (χ3v) is 4.83. The highest BCUT2D eigenvalue weighted by atomic mass is 32.1. The number of hydrogen-bond acceptors (Lipinski definition) is 7. The lowest BCUT2D eigenvalue weighted by atomic mass is 10.1. The molecular formula is C12H15N7O2S. The molecule has 0 spiro atoms. The van der Waals surface area contributed by atoms with E-state index in [0.717, 1.165) is 24.1 Å². The summed E-state index contributed by atoms with van der Waals surface area (Å²) in [5.74, 6) is -0.356. The summed E-state index contributed by atoms with van der Waals surface area (Å²) < 4.78 is 12.5. The highest BCUT2D eigenvalue weighted by molar-refractivity contribution is 7.87. The third kappa shape index (κ3) is 2.41. The Hall–Kier alpha value is -2.49. The van der Waals surface area contributed by atoms with Crippen molar-refractivity contribution >= 4 is 37.5 Å². The quantitative estimate of drug-likeness (QED) is 0.730. The van der Waals surface area contributed by atoms with Crippen molar-refractivity contribution in [2.24, 2.45) is 4.99 Å². The number of aromatic nitrogens is 4. The molecule has 1 aromatic rings. The van der Waals surface area contributed by atoms with E-state index in [2.05, 4.69) is 30.9 Å². The molecule has 0 unspecified atom stereocenters. The smallest absolute Gasteiger partial charge is 0.268 e. The molecule has 0 fully saturated rings. The number of anilines is 1. The molecule has 2 N–H and O–H groups in total. The lowest BCUT2D eigenvalue weighted by Gasteiger charge is -2.22. The van der Waals surface area contributed by atoms with E-state index in [4.69, 9.17) is 0 Å². The van der Waals surface area contributed by atoms with Crippen LogP contribution in [0, 0.1) is 0 Å². The summed E-state index contributed by atoms with van der Waals surface area (Å²) in [6.45, 7) is 4.30. The first-order chi connectivity index (χ1) is 10.6. The van der Waals surface area contributed by atoms with Crippen molar-refractivity contribution < 1.29 is 9.00 Å². The first kappa shape index (κ1) is 14.4. The number of hydrogen-bond donors (Lipinski definition) is 2. The molecule has 0 radical (unpaired) electrons. The van der Waals surface area contributed by atoms with Crippen molar-refractivity contribution in [1.29, 1.82) is 0 Å². The molecule has 0 saturated heterocycles. The normalized spacial score (nSPS) is 17.4. The summed E-state index contributed by atoms with van der Waals surface area (Å²) in [4.78, 5) is 18.7. The Morgan fingerprint density at radius 3 is 2.91 bits per heavy atom. The predicted molar refractivity (Wildman–Crippen MR) is 83.8 cm³/mol. The van der Waals surface area contributed by atoms with E-state index in [1.807, 2.05) is 20.0 Å². The summed E-state index contributed by atoms with van der Waals surface area (Å²) in [5, 5.41) is 15.6. The number of fused-ring (bicyclic) bond motifs is 1. The number of carbonyl (C=O) groups is 1. The SMILES string of the molecule is CCC1=CN2CC(C(=O)Nc3nnn[nH]3)=S(=O)=C2N=C1CC. The van der Waals surface area contributed by atoms with Gasteiger partial charge in [0.25, 0.3) is 5.91 Å². The molecule has 116 valence electrons. The van der Waals surface area contributed by atoms with E-state index >= 15 is 0 Å². The average Bonchev–Trinajstić information content (AvgIpc) is 3.14. The van der Waals surface area contributed by atoms with Gasteiger partial charge in [-0.15, -0.1) is 0 Å². The van der Waals surface area contributed by atoms with E-state index in [9.17, 15) is 9.00 Å². The van der Waals surface area contributed by atoms with Crippen LogP contribution in [0.15, 0.2) is 16.8 Å². The fourth-order valence-corrected chi connectivity index (χ4v) is 3.52. The van der Waals surface area contributed by atoms with Crippen molar-refractivity contribution in [2.45, 2.75) is 26.7 Å². The van der Waals surface area contributed by atoms with Crippen molar-refractivity contribution in [3.8, 4) is 0 Å². The summed E-state index contributed by atoms with van der Waals surface area (Å²) >= 11 is 0. The maximum absolute atomic E-state index is 12.5. The number of nitrogens with zero attached hydrogens (tertiary/aromatic N) is 5. The summed E-state index contributed by atoms with van der Waals surface area (Å²) in [6, 6.07) is 0. The minimum Gasteiger partial charge on any atom is -0.317 e. The summed E-state index contributed by atoms with van der Waals surface area (Å²) in [7, 11) is -1.58. The first-order valence-corrected chi connectivity index (χ1v) is 8.03. The molecule has 1 aromatic heterocycles. The van der Waals surface area contributed by atoms with Crippen molar-refractivity contribution in [3.05, 3.63) is 11.8 Å². The van der Waals surface area contributed by atoms with E-state index in [-0.39, 0.29) is 17.4 Å². The van der Waals surface area contributed by atoms with E-state index < -0.39 is 15.9 Å².